The van der Waals surface area contributed by atoms with Crippen LogP contribution in [-0.4, -0.2) is 6.61 Å². The first-order valence-corrected chi connectivity index (χ1v) is 8.57. The Kier molecular flexibility index (Phi) is 4.86. The van der Waals surface area contributed by atoms with E-state index in [-0.39, 0.29) is 5.82 Å². The second-order valence-corrected chi connectivity index (χ2v) is 6.43. The van der Waals surface area contributed by atoms with Gasteiger partial charge in [0.2, 0.25) is 5.69 Å². The van der Waals surface area contributed by atoms with Gasteiger partial charge in [0.25, 0.3) is 5.03 Å². The highest BCUT2D eigenvalue weighted by molar-refractivity contribution is 7.98. The van der Waals surface area contributed by atoms with E-state index in [0.717, 1.165) is 46.6 Å². The van der Waals surface area contributed by atoms with Crippen LogP contribution < -0.4 is 9.47 Å². The Morgan fingerprint density at radius 2 is 2.09 bits per heavy atom. The SMILES string of the molecule is C=CCOc1cc(SCc2ccc(F)cc2)[n+]([O-])c2c1CCC2. The van der Waals surface area contributed by atoms with Crippen molar-refractivity contribution in [3.8, 4) is 5.75 Å². The van der Waals surface area contributed by atoms with Crippen LogP contribution in [0.4, 0.5) is 4.39 Å². The fraction of sp³-hybridized carbons (Fsp3) is 0.278. The third-order valence-electron chi connectivity index (χ3n) is 3.84. The minimum absolute atomic E-state index is 0.254. The Bertz CT molecular complexity index is 716. The lowest BCUT2D eigenvalue weighted by molar-refractivity contribution is -0.653. The number of aromatic nitrogens is 1. The molecule has 5 heteroatoms. The lowest BCUT2D eigenvalue weighted by Gasteiger charge is -2.13. The zero-order valence-electron chi connectivity index (χ0n) is 12.8. The Hall–Kier alpha value is -2.01. The van der Waals surface area contributed by atoms with E-state index in [1.165, 1.54) is 23.9 Å². The van der Waals surface area contributed by atoms with E-state index in [4.69, 9.17) is 4.74 Å². The van der Waals surface area contributed by atoms with E-state index < -0.39 is 0 Å². The molecule has 0 atom stereocenters. The summed E-state index contributed by atoms with van der Waals surface area (Å²) in [6.07, 6.45) is 4.35. The monoisotopic (exact) mass is 331 g/mol. The summed E-state index contributed by atoms with van der Waals surface area (Å²) in [5.41, 5.74) is 2.81. The van der Waals surface area contributed by atoms with Crippen molar-refractivity contribution in [3.63, 3.8) is 0 Å². The van der Waals surface area contributed by atoms with Gasteiger partial charge < -0.3 is 9.94 Å². The molecule has 0 N–H and O–H groups in total. The maximum absolute atomic E-state index is 12.9. The van der Waals surface area contributed by atoms with Gasteiger partial charge in [0, 0.05) is 12.2 Å². The minimum atomic E-state index is -0.254. The van der Waals surface area contributed by atoms with E-state index in [9.17, 15) is 9.60 Å². The Labute approximate surface area is 139 Å². The number of rotatable bonds is 6. The fourth-order valence-electron chi connectivity index (χ4n) is 2.72. The molecule has 0 fully saturated rings. The van der Waals surface area contributed by atoms with Crippen molar-refractivity contribution in [2.24, 2.45) is 0 Å². The molecule has 1 aliphatic rings. The molecule has 0 bridgehead atoms. The van der Waals surface area contributed by atoms with Gasteiger partial charge in [-0.05, 0) is 30.5 Å². The van der Waals surface area contributed by atoms with Gasteiger partial charge in [0.05, 0.1) is 11.6 Å². The number of thioether (sulfide) groups is 1. The molecule has 0 saturated carbocycles. The molecule has 2 aromatic rings. The summed E-state index contributed by atoms with van der Waals surface area (Å²) < 4.78 is 19.7. The predicted octanol–water partition coefficient (Wildman–Crippen LogP) is 3.80. The van der Waals surface area contributed by atoms with Gasteiger partial charge in [-0.15, -0.1) is 0 Å². The topological polar surface area (TPSA) is 36.2 Å². The Balaban J connectivity index is 1.83. The molecular formula is C18H18FNO2S. The lowest BCUT2D eigenvalue weighted by Crippen LogP contribution is -2.34. The maximum atomic E-state index is 12.9. The third-order valence-corrected chi connectivity index (χ3v) is 4.90. The van der Waals surface area contributed by atoms with Gasteiger partial charge in [-0.3, -0.25) is 0 Å². The van der Waals surface area contributed by atoms with Gasteiger partial charge in [-0.25, -0.2) is 4.39 Å². The van der Waals surface area contributed by atoms with E-state index >= 15 is 0 Å². The van der Waals surface area contributed by atoms with Crippen LogP contribution in [0, 0.1) is 11.0 Å². The van der Waals surface area contributed by atoms with Crippen LogP contribution in [0.1, 0.15) is 23.2 Å². The average molecular weight is 331 g/mol. The molecule has 0 saturated heterocycles. The minimum Gasteiger partial charge on any atom is -0.618 e. The quantitative estimate of drug-likeness (QED) is 0.349. The van der Waals surface area contributed by atoms with Gasteiger partial charge in [0.15, 0.2) is 0 Å². The highest BCUT2D eigenvalue weighted by Gasteiger charge is 2.27. The van der Waals surface area contributed by atoms with Crippen LogP contribution in [0.2, 0.25) is 0 Å². The van der Waals surface area contributed by atoms with Crippen molar-refractivity contribution in [1.82, 2.24) is 0 Å². The van der Waals surface area contributed by atoms with Gasteiger partial charge >= 0.3 is 0 Å². The van der Waals surface area contributed by atoms with Gasteiger partial charge in [0.1, 0.15) is 18.2 Å². The summed E-state index contributed by atoms with van der Waals surface area (Å²) in [7, 11) is 0. The summed E-state index contributed by atoms with van der Waals surface area (Å²) in [5, 5.41) is 13.1. The van der Waals surface area contributed by atoms with E-state index in [0.29, 0.717) is 17.4 Å². The molecule has 3 rings (SSSR count). The summed E-state index contributed by atoms with van der Waals surface area (Å²) in [6, 6.07) is 8.15. The van der Waals surface area contributed by atoms with Gasteiger partial charge in [-0.2, -0.15) is 4.73 Å². The van der Waals surface area contributed by atoms with E-state index in [1.54, 1.807) is 18.2 Å². The molecule has 0 aliphatic heterocycles. The second kappa shape index (κ2) is 7.04. The van der Waals surface area contributed by atoms with Crippen molar-refractivity contribution in [2.75, 3.05) is 6.61 Å². The second-order valence-electron chi connectivity index (χ2n) is 5.43. The first-order valence-electron chi connectivity index (χ1n) is 7.58. The third kappa shape index (κ3) is 3.50. The smallest absolute Gasteiger partial charge is 0.255 e. The largest absolute Gasteiger partial charge is 0.618 e. The number of benzene rings is 1. The highest BCUT2D eigenvalue weighted by atomic mass is 32.2. The number of fused-ring (bicyclic) bond motifs is 1. The number of hydrogen-bond donors (Lipinski definition) is 0. The number of halogens is 1. The van der Waals surface area contributed by atoms with E-state index in [1.807, 2.05) is 6.07 Å². The summed E-state index contributed by atoms with van der Waals surface area (Å²) >= 11 is 1.44. The highest BCUT2D eigenvalue weighted by Crippen LogP contribution is 2.33. The predicted molar refractivity (Wildman–Crippen MR) is 89.1 cm³/mol. The molecule has 0 unspecified atom stereocenters. The molecule has 1 heterocycles. The molecule has 1 aromatic heterocycles. The zero-order chi connectivity index (χ0) is 16.2. The number of pyridine rings is 1. The van der Waals surface area contributed by atoms with Crippen LogP contribution in [0.5, 0.6) is 5.75 Å². The van der Waals surface area contributed by atoms with Crippen molar-refractivity contribution >= 4 is 11.8 Å². The molecule has 0 spiro atoms. The molecule has 3 nitrogen and oxygen atoms in total. The molecular weight excluding hydrogens is 313 g/mol. The summed E-state index contributed by atoms with van der Waals surface area (Å²) in [5.74, 6) is 1.14. The number of hydrogen-bond acceptors (Lipinski definition) is 3. The van der Waals surface area contributed by atoms with Crippen LogP contribution in [0.15, 0.2) is 48.0 Å². The number of ether oxygens (including phenoxy) is 1. The Morgan fingerprint density at radius 3 is 2.83 bits per heavy atom. The lowest BCUT2D eigenvalue weighted by atomic mass is 10.2. The fourth-order valence-corrected chi connectivity index (χ4v) is 3.65. The molecule has 0 amide bonds. The van der Waals surface area contributed by atoms with Crippen LogP contribution >= 0.6 is 11.8 Å². The Morgan fingerprint density at radius 1 is 1.30 bits per heavy atom. The van der Waals surface area contributed by atoms with Crippen LogP contribution in [0.3, 0.4) is 0 Å². The molecule has 1 aromatic carbocycles. The standard InChI is InChI=1S/C18H18FNO2S/c1-2-10-22-17-11-18(20(21)16-5-3-4-15(16)17)23-12-13-6-8-14(19)9-7-13/h2,6-9,11H,1,3-5,10,12H2. The summed E-state index contributed by atoms with van der Waals surface area (Å²) in [4.78, 5) is 0. The molecule has 23 heavy (non-hydrogen) atoms. The molecule has 0 radical (unpaired) electrons. The van der Waals surface area contributed by atoms with E-state index in [2.05, 4.69) is 6.58 Å². The maximum Gasteiger partial charge on any atom is 0.255 e. The molecule has 1 aliphatic carbocycles. The van der Waals surface area contributed by atoms with Crippen molar-refractivity contribution in [2.45, 2.75) is 30.0 Å². The van der Waals surface area contributed by atoms with Gasteiger partial charge in [-0.1, -0.05) is 36.5 Å². The van der Waals surface area contributed by atoms with Crippen molar-refractivity contribution in [3.05, 3.63) is 70.8 Å². The van der Waals surface area contributed by atoms with Crippen molar-refractivity contribution in [1.29, 1.82) is 0 Å². The normalized spacial score (nSPS) is 12.9. The number of nitrogens with zero attached hydrogens (tertiary/aromatic N) is 1. The average Bonchev–Trinajstić information content (AvgIpc) is 3.05. The van der Waals surface area contributed by atoms with Crippen LogP contribution in [-0.2, 0) is 18.6 Å². The zero-order valence-corrected chi connectivity index (χ0v) is 13.6. The van der Waals surface area contributed by atoms with Crippen molar-refractivity contribution < 1.29 is 13.9 Å². The molecule has 120 valence electrons. The van der Waals surface area contributed by atoms with Crippen LogP contribution in [0.25, 0.3) is 0 Å². The first-order chi connectivity index (χ1) is 11.2. The summed E-state index contributed by atoms with van der Waals surface area (Å²) in [6.45, 7) is 4.09. The first kappa shape index (κ1) is 15.9.